The third-order valence-corrected chi connectivity index (χ3v) is 7.39. The first kappa shape index (κ1) is 64.7. The number of aromatic nitrogens is 2. The molecule has 0 saturated heterocycles. The summed E-state index contributed by atoms with van der Waals surface area (Å²) < 4.78 is 4.02. The van der Waals surface area contributed by atoms with Gasteiger partial charge in [-0.2, -0.15) is 0 Å². The minimum atomic E-state index is -1.32. The number of pyridine rings is 2. The fraction of sp³-hybridized carbons (Fsp3) is 0.273. The first-order chi connectivity index (χ1) is 29.8. The van der Waals surface area contributed by atoms with Gasteiger partial charge in [-0.15, -0.1) is 11.5 Å². The van der Waals surface area contributed by atoms with Crippen LogP contribution < -0.4 is 52.8 Å². The van der Waals surface area contributed by atoms with E-state index in [0.717, 1.165) is 56.6 Å². The molecule has 3 aromatic carbocycles. The molecule has 0 radical (unpaired) electrons. The molecule has 0 aliphatic heterocycles. The van der Waals surface area contributed by atoms with Crippen LogP contribution >= 0.6 is 0 Å². The Morgan fingerprint density at radius 1 is 0.433 bits per heavy atom. The Labute approximate surface area is 411 Å². The van der Waals surface area contributed by atoms with Crippen LogP contribution in [0.4, 0.5) is 22.7 Å². The fourth-order valence-corrected chi connectivity index (χ4v) is 4.65. The average Bonchev–Trinajstić information content (AvgIpc) is 3.21. The van der Waals surface area contributed by atoms with Crippen molar-refractivity contribution in [2.75, 3.05) is 91.9 Å². The van der Waals surface area contributed by atoms with Gasteiger partial charge >= 0.3 is 0 Å². The molecule has 5 aromatic rings. The number of carbonyl (C=O) groups excluding carboxylic acids is 4. The van der Waals surface area contributed by atoms with Crippen LogP contribution in [0.3, 0.4) is 0 Å². The zero-order valence-electron chi connectivity index (χ0n) is 39.2. The van der Waals surface area contributed by atoms with Crippen LogP contribution in [0.2, 0.25) is 0 Å². The van der Waals surface area contributed by atoms with E-state index in [1.807, 2.05) is 0 Å². The molecule has 366 valence electrons. The summed E-state index contributed by atoms with van der Waals surface area (Å²) >= 11 is 0. The molecule has 4 amide bonds. The van der Waals surface area contributed by atoms with Crippen LogP contribution in [-0.2, 0) is 25.0 Å². The van der Waals surface area contributed by atoms with E-state index < -0.39 is 80.0 Å². The van der Waals surface area contributed by atoms with E-state index in [-0.39, 0.29) is 64.8 Å². The summed E-state index contributed by atoms with van der Waals surface area (Å²) in [5.74, 6) is -8.68. The van der Waals surface area contributed by atoms with Crippen molar-refractivity contribution in [1.29, 1.82) is 0 Å². The van der Waals surface area contributed by atoms with Crippen LogP contribution in [-0.4, -0.2) is 123 Å². The maximum atomic E-state index is 13.1. The zero-order chi connectivity index (χ0) is 49.3. The fourth-order valence-electron chi connectivity index (χ4n) is 4.65. The van der Waals surface area contributed by atoms with Crippen molar-refractivity contribution >= 4 is 46.4 Å². The minimum absolute atomic E-state index is 0. The van der Waals surface area contributed by atoms with Crippen LogP contribution in [0, 0.1) is 31.1 Å². The number of carbonyl (C=O) groups is 4. The SMILES string of the molecule is CO.CO.C[N+](C)(C)C.C[N+](C)(C)C.Cn1ccc(C(=O)Nc2ccccc2NC(=O)c2ccc(C(=O)Nc3ccccc3NC(=O)c3ccn(C)c(=O)c3[O-])c([O-])c2[O-])c([O-])c1=O.[O-2].[O-2].[U]. The first-order valence-corrected chi connectivity index (χ1v) is 18.9. The largest absolute Gasteiger partial charge is 2.00 e. The topological polar surface area (TPSA) is 350 Å². The molecule has 0 atom stereocenters. The molecule has 2 heterocycles. The molecule has 2 aromatic heterocycles. The molecule has 0 spiro atoms. The Balaban J connectivity index is -0.00000214. The number of amides is 4. The second-order valence-electron chi connectivity index (χ2n) is 16.0. The summed E-state index contributed by atoms with van der Waals surface area (Å²) in [6.07, 6.45) is 2.48. The number of quaternary nitrogens is 2. The molecule has 23 heteroatoms. The Bertz CT molecular complexity index is 2360. The number of aliphatic hydroxyl groups excluding tert-OH is 2. The molecule has 0 fully saturated rings. The quantitative estimate of drug-likeness (QED) is 0.112. The van der Waals surface area contributed by atoms with Gasteiger partial charge in [-0.25, -0.2) is 0 Å². The summed E-state index contributed by atoms with van der Waals surface area (Å²) in [5.41, 5.74) is -4.00. The van der Waals surface area contributed by atoms with E-state index in [0.29, 0.717) is 0 Å². The molecule has 0 bridgehead atoms. The van der Waals surface area contributed by atoms with Gasteiger partial charge in [0, 0.05) is 94.1 Å². The van der Waals surface area contributed by atoms with E-state index in [1.165, 1.54) is 75.0 Å². The molecule has 67 heavy (non-hydrogen) atoms. The molecule has 5 rings (SSSR count). The molecule has 0 aliphatic rings. The van der Waals surface area contributed by atoms with Crippen LogP contribution in [0.15, 0.2) is 94.8 Å². The number of aryl methyl sites for hydroxylation is 2. The number of hydrogen-bond acceptors (Lipinski definition) is 12. The van der Waals surface area contributed by atoms with Gasteiger partial charge in [-0.3, -0.25) is 28.8 Å². The molecule has 6 N–H and O–H groups in total. The zero-order valence-corrected chi connectivity index (χ0v) is 43.3. The normalized spacial score (nSPS) is 9.88. The summed E-state index contributed by atoms with van der Waals surface area (Å²) in [6.45, 7) is 0. The average molecular weight is 1160 g/mol. The first-order valence-electron chi connectivity index (χ1n) is 18.9. The van der Waals surface area contributed by atoms with E-state index in [1.54, 1.807) is 0 Å². The molecular formula is C44H56N8O14U-6. The number of para-hydroxylation sites is 4. The van der Waals surface area contributed by atoms with Gasteiger partial charge in [0.25, 0.3) is 23.6 Å². The van der Waals surface area contributed by atoms with Crippen molar-refractivity contribution in [3.05, 3.63) is 128 Å². The number of anilines is 4. The van der Waals surface area contributed by atoms with Crippen molar-refractivity contribution in [3.63, 3.8) is 0 Å². The minimum Gasteiger partial charge on any atom is -2.00 e. The summed E-state index contributed by atoms with van der Waals surface area (Å²) in [6, 6.07) is 15.7. The summed E-state index contributed by atoms with van der Waals surface area (Å²) in [4.78, 5) is 75.6. The van der Waals surface area contributed by atoms with Crippen molar-refractivity contribution < 1.29 is 101 Å². The van der Waals surface area contributed by atoms with Gasteiger partial charge in [0.1, 0.15) is 0 Å². The second-order valence-corrected chi connectivity index (χ2v) is 16.0. The van der Waals surface area contributed by atoms with Crippen molar-refractivity contribution in [2.45, 2.75) is 0 Å². The van der Waals surface area contributed by atoms with Gasteiger partial charge < -0.3 is 81.0 Å². The number of nitrogens with one attached hydrogen (secondary N) is 4. The van der Waals surface area contributed by atoms with Crippen LogP contribution in [0.25, 0.3) is 0 Å². The van der Waals surface area contributed by atoms with E-state index in [2.05, 4.69) is 77.6 Å². The maximum Gasteiger partial charge on any atom is 0.255 e. The Morgan fingerprint density at radius 2 is 0.627 bits per heavy atom. The monoisotopic (exact) mass is 1160 g/mol. The molecule has 0 saturated carbocycles. The van der Waals surface area contributed by atoms with Gasteiger partial charge in [-0.05, 0) is 60.0 Å². The number of hydrogen-bond donors (Lipinski definition) is 6. The van der Waals surface area contributed by atoms with E-state index in [9.17, 15) is 49.2 Å². The number of rotatable bonds is 8. The van der Waals surface area contributed by atoms with Crippen LogP contribution in [0.5, 0.6) is 23.0 Å². The van der Waals surface area contributed by atoms with Crippen molar-refractivity contribution in [3.8, 4) is 23.0 Å². The number of aliphatic hydroxyl groups is 2. The molecule has 0 aliphatic carbocycles. The van der Waals surface area contributed by atoms with E-state index in [4.69, 9.17) is 10.2 Å². The van der Waals surface area contributed by atoms with Gasteiger partial charge in [0.15, 0.2) is 0 Å². The Morgan fingerprint density at radius 3 is 0.836 bits per heavy atom. The van der Waals surface area contributed by atoms with Gasteiger partial charge in [0.2, 0.25) is 11.1 Å². The summed E-state index contributed by atoms with van der Waals surface area (Å²) in [5, 5.41) is 74.1. The van der Waals surface area contributed by atoms with Crippen LogP contribution in [0.1, 0.15) is 41.4 Å². The van der Waals surface area contributed by atoms with Gasteiger partial charge in [-0.1, -0.05) is 24.3 Å². The predicted octanol–water partition coefficient (Wildman–Crippen LogP) is 0.0118. The summed E-state index contributed by atoms with van der Waals surface area (Å²) in [7, 11) is 21.7. The molecular weight excluding hydrogens is 1100 g/mol. The van der Waals surface area contributed by atoms with Crippen molar-refractivity contribution in [2.24, 2.45) is 14.1 Å². The second kappa shape index (κ2) is 29.2. The third kappa shape index (κ3) is 20.2. The molecule has 22 nitrogen and oxygen atoms in total. The smallest absolute Gasteiger partial charge is 0.255 e. The number of benzene rings is 3. The maximum absolute atomic E-state index is 13.1. The molecule has 0 unspecified atom stereocenters. The standard InChI is InChI=1S/C34H28N6O10.2C4H12N.2CH4O.2O.U/c1-39-15-13-19(27(43)33(39)49)31(47)37-23-9-5-3-7-21(23)35-29(45)17-11-12-18(26(42)25(17)41)30(46)36-22-8-4-6-10-24(22)38-32(48)20-14-16-40(2)34(50)28(20)44;2*1-5(2,3)4;2*1-2;;;/h3-16,41-44H,1-2H3,(H,35,45)(H,36,46)(H,37,47)(H,38,48);2*1-4H3;2*2H,1H3;;;/q;2*+1;;;2*-2;/p-4. The Kier molecular flexibility index (Phi) is 28.2. The van der Waals surface area contributed by atoms with E-state index >= 15 is 0 Å². The third-order valence-electron chi connectivity index (χ3n) is 7.39. The number of nitrogens with zero attached hydrogens (tertiary/aromatic N) is 4. The predicted molar refractivity (Wildman–Crippen MR) is 238 cm³/mol. The Hall–Kier alpha value is -6.55. The van der Waals surface area contributed by atoms with Crippen molar-refractivity contribution in [1.82, 2.24) is 9.13 Å². The van der Waals surface area contributed by atoms with Gasteiger partial charge in [0.05, 0.1) is 79.1 Å².